The van der Waals surface area contributed by atoms with Crippen molar-refractivity contribution in [2.75, 3.05) is 13.1 Å². The van der Waals surface area contributed by atoms with Crippen molar-refractivity contribution in [3.05, 3.63) is 0 Å². The Kier molecular flexibility index (Phi) is 2.89. The quantitative estimate of drug-likeness (QED) is 0.571. The maximum atomic E-state index is 4.74. The van der Waals surface area contributed by atoms with E-state index in [0.717, 1.165) is 18.4 Å². The van der Waals surface area contributed by atoms with E-state index in [4.69, 9.17) is 12.6 Å². The predicted octanol–water partition coefficient (Wildman–Crippen LogP) is 2.47. The van der Waals surface area contributed by atoms with Gasteiger partial charge < -0.3 is 5.32 Å². The average Bonchev–Trinajstić information content (AvgIpc) is 2.21. The fraction of sp³-hybridized carbons (Fsp3) is 1.00. The molecular weight excluding hydrogens is 178 g/mol. The van der Waals surface area contributed by atoms with Crippen molar-refractivity contribution in [2.24, 2.45) is 11.8 Å². The molecule has 0 aromatic heterocycles. The molecule has 1 aliphatic carbocycles. The molecule has 2 heteroatoms. The highest BCUT2D eigenvalue weighted by atomic mass is 32.1. The molecule has 2 fully saturated rings. The van der Waals surface area contributed by atoms with Gasteiger partial charge in [0.05, 0.1) is 0 Å². The maximum absolute atomic E-state index is 4.74. The third kappa shape index (κ3) is 2.41. The van der Waals surface area contributed by atoms with Crippen molar-refractivity contribution in [1.29, 1.82) is 0 Å². The number of rotatable bonds is 0. The van der Waals surface area contributed by atoms with Gasteiger partial charge in [-0.2, -0.15) is 12.6 Å². The summed E-state index contributed by atoms with van der Waals surface area (Å²) in [5, 5.41) is 3.56. The minimum Gasteiger partial charge on any atom is -0.315 e. The fourth-order valence-electron chi connectivity index (χ4n) is 2.99. The number of hydrogen-bond acceptors (Lipinski definition) is 2. The lowest BCUT2D eigenvalue weighted by molar-refractivity contribution is 0.229. The Balaban J connectivity index is 2.03. The molecule has 1 saturated carbocycles. The Hall–Kier alpha value is 0.310. The van der Waals surface area contributed by atoms with E-state index in [1.165, 1.54) is 38.6 Å². The second kappa shape index (κ2) is 3.82. The predicted molar refractivity (Wildman–Crippen MR) is 60.3 cm³/mol. The van der Waals surface area contributed by atoms with Crippen LogP contribution in [-0.4, -0.2) is 17.8 Å². The third-order valence-corrected chi connectivity index (χ3v) is 4.02. The first kappa shape index (κ1) is 9.85. The SMILES string of the molecule is CC1(S)CNCC2CCCCC2C1. The molecule has 1 N–H and O–H groups in total. The molecule has 2 aliphatic rings. The summed E-state index contributed by atoms with van der Waals surface area (Å²) < 4.78 is 0.233. The second-order valence-corrected chi connectivity index (χ2v) is 6.22. The van der Waals surface area contributed by atoms with Gasteiger partial charge in [-0.1, -0.05) is 19.3 Å². The van der Waals surface area contributed by atoms with E-state index in [0.29, 0.717) is 0 Å². The van der Waals surface area contributed by atoms with Crippen LogP contribution in [0.1, 0.15) is 39.0 Å². The molecule has 13 heavy (non-hydrogen) atoms. The molecule has 1 saturated heterocycles. The highest BCUT2D eigenvalue weighted by molar-refractivity contribution is 7.81. The number of hydrogen-bond donors (Lipinski definition) is 2. The summed E-state index contributed by atoms with van der Waals surface area (Å²) in [6.07, 6.45) is 7.11. The molecule has 1 aliphatic heterocycles. The Morgan fingerprint density at radius 1 is 1.23 bits per heavy atom. The van der Waals surface area contributed by atoms with Gasteiger partial charge in [0.1, 0.15) is 0 Å². The van der Waals surface area contributed by atoms with Gasteiger partial charge in [0.25, 0.3) is 0 Å². The lowest BCUT2D eigenvalue weighted by Gasteiger charge is -2.32. The summed E-state index contributed by atoms with van der Waals surface area (Å²) in [5.74, 6) is 1.90. The zero-order valence-corrected chi connectivity index (χ0v) is 9.45. The van der Waals surface area contributed by atoms with Crippen molar-refractivity contribution in [1.82, 2.24) is 5.32 Å². The number of fused-ring (bicyclic) bond motifs is 1. The third-order valence-electron chi connectivity index (χ3n) is 3.68. The van der Waals surface area contributed by atoms with Crippen LogP contribution in [0.4, 0.5) is 0 Å². The molecule has 1 nitrogen and oxygen atoms in total. The first-order valence-corrected chi connectivity index (χ1v) is 6.05. The first-order chi connectivity index (χ1) is 6.17. The molecular formula is C11H21NS. The smallest absolute Gasteiger partial charge is 0.0229 e. The lowest BCUT2D eigenvalue weighted by atomic mass is 9.76. The van der Waals surface area contributed by atoms with Gasteiger partial charge in [0.15, 0.2) is 0 Å². The topological polar surface area (TPSA) is 12.0 Å². The van der Waals surface area contributed by atoms with Crippen LogP contribution in [-0.2, 0) is 0 Å². The highest BCUT2D eigenvalue weighted by Gasteiger charge is 2.33. The summed E-state index contributed by atoms with van der Waals surface area (Å²) in [5.41, 5.74) is 0. The normalized spacial score (nSPS) is 46.6. The summed E-state index contributed by atoms with van der Waals surface area (Å²) in [6.45, 7) is 4.60. The van der Waals surface area contributed by atoms with Crippen molar-refractivity contribution in [2.45, 2.75) is 43.8 Å². The second-order valence-electron chi connectivity index (χ2n) is 5.14. The molecule has 0 amide bonds. The average molecular weight is 199 g/mol. The van der Waals surface area contributed by atoms with E-state index in [9.17, 15) is 0 Å². The number of nitrogens with one attached hydrogen (secondary N) is 1. The molecule has 3 atom stereocenters. The van der Waals surface area contributed by atoms with Crippen LogP contribution in [0.3, 0.4) is 0 Å². The monoisotopic (exact) mass is 199 g/mol. The maximum Gasteiger partial charge on any atom is 0.0229 e. The molecule has 0 aromatic carbocycles. The van der Waals surface area contributed by atoms with Crippen LogP contribution in [0.25, 0.3) is 0 Å². The molecule has 0 aromatic rings. The van der Waals surface area contributed by atoms with Gasteiger partial charge in [-0.05, 0) is 38.1 Å². The molecule has 2 rings (SSSR count). The van der Waals surface area contributed by atoms with Gasteiger partial charge in [-0.25, -0.2) is 0 Å². The minimum absolute atomic E-state index is 0.233. The Labute approximate surface area is 87.1 Å². The Bertz CT molecular complexity index is 179. The molecule has 0 spiro atoms. The molecule has 0 radical (unpaired) electrons. The van der Waals surface area contributed by atoms with Gasteiger partial charge in [0, 0.05) is 11.3 Å². The Morgan fingerprint density at radius 3 is 2.69 bits per heavy atom. The van der Waals surface area contributed by atoms with Crippen molar-refractivity contribution >= 4 is 12.6 Å². The van der Waals surface area contributed by atoms with Crippen LogP contribution < -0.4 is 5.32 Å². The van der Waals surface area contributed by atoms with Crippen molar-refractivity contribution in [3.8, 4) is 0 Å². The number of thiol groups is 1. The van der Waals surface area contributed by atoms with Crippen molar-refractivity contribution < 1.29 is 0 Å². The van der Waals surface area contributed by atoms with E-state index in [1.54, 1.807) is 0 Å². The van der Waals surface area contributed by atoms with Crippen LogP contribution >= 0.6 is 12.6 Å². The molecule has 76 valence electrons. The zero-order valence-electron chi connectivity index (χ0n) is 8.55. The lowest BCUT2D eigenvalue weighted by Crippen LogP contribution is -2.31. The van der Waals surface area contributed by atoms with E-state index in [1.807, 2.05) is 0 Å². The minimum atomic E-state index is 0.233. The summed E-state index contributed by atoms with van der Waals surface area (Å²) in [4.78, 5) is 0. The Morgan fingerprint density at radius 2 is 1.92 bits per heavy atom. The van der Waals surface area contributed by atoms with Gasteiger partial charge in [-0.3, -0.25) is 0 Å². The highest BCUT2D eigenvalue weighted by Crippen LogP contribution is 2.38. The van der Waals surface area contributed by atoms with Crippen LogP contribution in [0, 0.1) is 11.8 Å². The van der Waals surface area contributed by atoms with E-state index >= 15 is 0 Å². The summed E-state index contributed by atoms with van der Waals surface area (Å²) in [6, 6.07) is 0. The van der Waals surface area contributed by atoms with Crippen LogP contribution in [0.2, 0.25) is 0 Å². The van der Waals surface area contributed by atoms with Crippen LogP contribution in [0.5, 0.6) is 0 Å². The molecule has 0 bridgehead atoms. The largest absolute Gasteiger partial charge is 0.315 e. The molecule has 3 unspecified atom stereocenters. The van der Waals surface area contributed by atoms with Crippen molar-refractivity contribution in [3.63, 3.8) is 0 Å². The van der Waals surface area contributed by atoms with Gasteiger partial charge in [-0.15, -0.1) is 0 Å². The van der Waals surface area contributed by atoms with Gasteiger partial charge >= 0.3 is 0 Å². The zero-order chi connectivity index (χ0) is 9.31. The fourth-order valence-corrected chi connectivity index (χ4v) is 3.33. The first-order valence-electron chi connectivity index (χ1n) is 5.60. The van der Waals surface area contributed by atoms with E-state index in [-0.39, 0.29) is 4.75 Å². The van der Waals surface area contributed by atoms with E-state index < -0.39 is 0 Å². The standard InChI is InChI=1S/C11H21NS/c1-11(13)6-9-4-2-3-5-10(9)7-12-8-11/h9-10,12-13H,2-8H2,1H3. The molecule has 1 heterocycles. The summed E-state index contributed by atoms with van der Waals surface area (Å²) in [7, 11) is 0. The van der Waals surface area contributed by atoms with Crippen LogP contribution in [0.15, 0.2) is 0 Å². The summed E-state index contributed by atoms with van der Waals surface area (Å²) >= 11 is 4.74. The van der Waals surface area contributed by atoms with Gasteiger partial charge in [0.2, 0.25) is 0 Å². The van der Waals surface area contributed by atoms with E-state index in [2.05, 4.69) is 12.2 Å².